The summed E-state index contributed by atoms with van der Waals surface area (Å²) in [7, 11) is 2.99. The molecule has 1 aliphatic rings. The smallest absolute Gasteiger partial charge is 0.305 e. The number of amides is 2. The van der Waals surface area contributed by atoms with Crippen LogP contribution in [0.3, 0.4) is 0 Å². The van der Waals surface area contributed by atoms with Gasteiger partial charge in [0.1, 0.15) is 0 Å². The van der Waals surface area contributed by atoms with Crippen LogP contribution in [-0.4, -0.2) is 55.1 Å². The van der Waals surface area contributed by atoms with Crippen molar-refractivity contribution < 1.29 is 29.0 Å². The number of nitrogens with one attached hydrogen (secondary N) is 1. The molecule has 0 radical (unpaired) electrons. The number of rotatable bonds is 8. The molecule has 1 fully saturated rings. The Labute approximate surface area is 152 Å². The lowest BCUT2D eigenvalue weighted by molar-refractivity contribution is -0.138. The zero-order valence-corrected chi connectivity index (χ0v) is 15.2. The molecule has 2 N–H and O–H groups in total. The van der Waals surface area contributed by atoms with Crippen LogP contribution in [0.5, 0.6) is 11.5 Å². The molecule has 1 heterocycles. The maximum Gasteiger partial charge on any atom is 0.305 e. The van der Waals surface area contributed by atoms with Gasteiger partial charge in [0.2, 0.25) is 11.8 Å². The van der Waals surface area contributed by atoms with Gasteiger partial charge in [-0.15, -0.1) is 0 Å². The van der Waals surface area contributed by atoms with E-state index in [1.807, 2.05) is 6.92 Å². The molecule has 0 aromatic heterocycles. The lowest BCUT2D eigenvalue weighted by Crippen LogP contribution is -2.36. The van der Waals surface area contributed by atoms with E-state index >= 15 is 0 Å². The van der Waals surface area contributed by atoms with Crippen molar-refractivity contribution in [3.8, 4) is 11.5 Å². The van der Waals surface area contributed by atoms with E-state index in [1.54, 1.807) is 23.1 Å². The van der Waals surface area contributed by atoms with Gasteiger partial charge >= 0.3 is 5.97 Å². The summed E-state index contributed by atoms with van der Waals surface area (Å²) in [4.78, 5) is 37.2. The minimum Gasteiger partial charge on any atom is -0.493 e. The van der Waals surface area contributed by atoms with Gasteiger partial charge in [-0.1, -0.05) is 6.07 Å². The number of carboxylic acid groups (broad SMARTS) is 1. The number of carbonyl (C=O) groups excluding carboxylic acids is 2. The van der Waals surface area contributed by atoms with Crippen molar-refractivity contribution in [1.29, 1.82) is 0 Å². The van der Waals surface area contributed by atoms with Crippen LogP contribution in [0.25, 0.3) is 0 Å². The van der Waals surface area contributed by atoms with Gasteiger partial charge in [-0.3, -0.25) is 14.4 Å². The summed E-state index contributed by atoms with van der Waals surface area (Å²) >= 11 is 0. The first-order valence-electron chi connectivity index (χ1n) is 8.41. The number of benzene rings is 1. The van der Waals surface area contributed by atoms with E-state index in [9.17, 15) is 19.5 Å². The van der Waals surface area contributed by atoms with Crippen molar-refractivity contribution in [3.63, 3.8) is 0 Å². The molecule has 8 nitrogen and oxygen atoms in total. The third kappa shape index (κ3) is 4.44. The van der Waals surface area contributed by atoms with Gasteiger partial charge in [-0.05, 0) is 24.6 Å². The quantitative estimate of drug-likeness (QED) is 0.718. The minimum atomic E-state index is -1.04. The minimum absolute atomic E-state index is 0.0615. The number of methoxy groups -OCH3 is 2. The Morgan fingerprint density at radius 1 is 1.31 bits per heavy atom. The predicted molar refractivity (Wildman–Crippen MR) is 93.0 cm³/mol. The summed E-state index contributed by atoms with van der Waals surface area (Å²) < 4.78 is 10.4. The number of hydrogen-bond donors (Lipinski definition) is 2. The Morgan fingerprint density at radius 3 is 2.54 bits per heavy atom. The fourth-order valence-corrected chi connectivity index (χ4v) is 3.04. The highest BCUT2D eigenvalue weighted by molar-refractivity contribution is 5.89. The fraction of sp³-hybridized carbons (Fsp3) is 0.500. The molecule has 142 valence electrons. The predicted octanol–water partition coefficient (Wildman–Crippen LogP) is 1.20. The molecule has 8 heteroatoms. The van der Waals surface area contributed by atoms with Crippen molar-refractivity contribution in [2.24, 2.45) is 5.92 Å². The number of aliphatic carboxylic acids is 1. The van der Waals surface area contributed by atoms with Crippen LogP contribution in [0.2, 0.25) is 0 Å². The van der Waals surface area contributed by atoms with Crippen LogP contribution in [0.4, 0.5) is 0 Å². The normalized spacial score (nSPS) is 17.7. The number of carbonyl (C=O) groups is 3. The second-order valence-electron chi connectivity index (χ2n) is 6.11. The summed E-state index contributed by atoms with van der Waals surface area (Å²) in [5.74, 6) is -0.940. The monoisotopic (exact) mass is 364 g/mol. The van der Waals surface area contributed by atoms with E-state index in [4.69, 9.17) is 9.47 Å². The van der Waals surface area contributed by atoms with E-state index in [0.29, 0.717) is 30.2 Å². The van der Waals surface area contributed by atoms with E-state index in [-0.39, 0.29) is 24.7 Å². The Kier molecular flexibility index (Phi) is 6.43. The largest absolute Gasteiger partial charge is 0.493 e. The Bertz CT molecular complexity index is 690. The molecule has 0 saturated carbocycles. The van der Waals surface area contributed by atoms with Crippen molar-refractivity contribution in [1.82, 2.24) is 10.2 Å². The highest BCUT2D eigenvalue weighted by atomic mass is 16.5. The van der Waals surface area contributed by atoms with Gasteiger partial charge in [0.15, 0.2) is 11.5 Å². The van der Waals surface area contributed by atoms with Gasteiger partial charge in [0.25, 0.3) is 0 Å². The van der Waals surface area contributed by atoms with Crippen molar-refractivity contribution in [2.75, 3.05) is 27.3 Å². The average Bonchev–Trinajstić information content (AvgIpc) is 3.01. The van der Waals surface area contributed by atoms with Crippen LogP contribution in [0.1, 0.15) is 31.4 Å². The maximum absolute atomic E-state index is 12.6. The summed E-state index contributed by atoms with van der Waals surface area (Å²) in [5, 5.41) is 12.0. The fourth-order valence-electron chi connectivity index (χ4n) is 3.04. The van der Waals surface area contributed by atoms with Crippen LogP contribution < -0.4 is 14.8 Å². The molecule has 0 bridgehead atoms. The summed E-state index contributed by atoms with van der Waals surface area (Å²) in [6.07, 6.45) is -0.134. The topological polar surface area (TPSA) is 105 Å². The second-order valence-corrected chi connectivity index (χ2v) is 6.11. The summed E-state index contributed by atoms with van der Waals surface area (Å²) in [6, 6.07) is 4.26. The number of hydrogen-bond acceptors (Lipinski definition) is 5. The number of likely N-dealkylation sites (tertiary alicyclic amines) is 1. The maximum atomic E-state index is 12.6. The molecular weight excluding hydrogens is 340 g/mol. The van der Waals surface area contributed by atoms with Crippen LogP contribution in [0, 0.1) is 5.92 Å². The molecule has 1 aromatic carbocycles. The second kappa shape index (κ2) is 8.55. The third-order valence-electron chi connectivity index (χ3n) is 4.47. The molecule has 0 spiro atoms. The Morgan fingerprint density at radius 2 is 2.00 bits per heavy atom. The molecule has 1 aliphatic heterocycles. The molecule has 2 unspecified atom stereocenters. The van der Waals surface area contributed by atoms with Crippen LogP contribution >= 0.6 is 0 Å². The molecule has 2 atom stereocenters. The lowest BCUT2D eigenvalue weighted by Gasteiger charge is -2.21. The van der Waals surface area contributed by atoms with E-state index in [2.05, 4.69) is 5.32 Å². The SMILES string of the molecule is CCN1CC(C(=O)NC(CC(=O)O)c2ccc(OC)c(OC)c2)CC1=O. The molecule has 2 amide bonds. The molecule has 1 aromatic rings. The molecule has 1 saturated heterocycles. The van der Waals surface area contributed by atoms with Gasteiger partial charge in [0.05, 0.1) is 32.6 Å². The van der Waals surface area contributed by atoms with Crippen molar-refractivity contribution in [2.45, 2.75) is 25.8 Å². The zero-order valence-electron chi connectivity index (χ0n) is 15.2. The first kappa shape index (κ1) is 19.6. The molecular formula is C18H24N2O6. The van der Waals surface area contributed by atoms with E-state index in [1.165, 1.54) is 14.2 Å². The van der Waals surface area contributed by atoms with Gasteiger partial charge in [-0.2, -0.15) is 0 Å². The molecule has 0 aliphatic carbocycles. The van der Waals surface area contributed by atoms with E-state index in [0.717, 1.165) is 0 Å². The number of ether oxygens (including phenoxy) is 2. The van der Waals surface area contributed by atoms with Gasteiger partial charge in [0, 0.05) is 19.5 Å². The Balaban J connectivity index is 2.19. The number of nitrogens with zero attached hydrogens (tertiary/aromatic N) is 1. The average molecular weight is 364 g/mol. The van der Waals surface area contributed by atoms with Gasteiger partial charge in [-0.25, -0.2) is 0 Å². The summed E-state index contributed by atoms with van der Waals surface area (Å²) in [6.45, 7) is 2.76. The summed E-state index contributed by atoms with van der Waals surface area (Å²) in [5.41, 5.74) is 0.593. The van der Waals surface area contributed by atoms with Gasteiger partial charge < -0.3 is 24.8 Å². The third-order valence-corrected chi connectivity index (χ3v) is 4.47. The standard InChI is InChI=1S/C18H24N2O6/c1-4-20-10-12(8-16(20)21)18(24)19-13(9-17(22)23)11-5-6-14(25-2)15(7-11)26-3/h5-7,12-13H,4,8-10H2,1-3H3,(H,19,24)(H,22,23). The number of carboxylic acids is 1. The first-order valence-corrected chi connectivity index (χ1v) is 8.41. The van der Waals surface area contributed by atoms with Crippen molar-refractivity contribution in [3.05, 3.63) is 23.8 Å². The van der Waals surface area contributed by atoms with Crippen molar-refractivity contribution >= 4 is 17.8 Å². The Hall–Kier alpha value is -2.77. The molecule has 2 rings (SSSR count). The highest BCUT2D eigenvalue weighted by Gasteiger charge is 2.34. The van der Waals surface area contributed by atoms with E-state index < -0.39 is 17.9 Å². The zero-order chi connectivity index (χ0) is 19.3. The highest BCUT2D eigenvalue weighted by Crippen LogP contribution is 2.31. The lowest BCUT2D eigenvalue weighted by atomic mass is 10.0. The molecule has 26 heavy (non-hydrogen) atoms. The van der Waals surface area contributed by atoms with Crippen LogP contribution in [0.15, 0.2) is 18.2 Å². The van der Waals surface area contributed by atoms with Crippen LogP contribution in [-0.2, 0) is 14.4 Å². The first-order chi connectivity index (χ1) is 12.4.